The largest absolute Gasteiger partial charge is 0.504 e. The Hall–Kier alpha value is -2.53. The van der Waals surface area contributed by atoms with Crippen LogP contribution in [-0.4, -0.2) is 31.2 Å². The van der Waals surface area contributed by atoms with Gasteiger partial charge in [0.15, 0.2) is 11.5 Å². The van der Waals surface area contributed by atoms with Gasteiger partial charge >= 0.3 is 0 Å². The lowest BCUT2D eigenvalue weighted by Crippen LogP contribution is -2.31. The highest BCUT2D eigenvalue weighted by Crippen LogP contribution is 2.25. The van der Waals surface area contributed by atoms with Crippen LogP contribution in [0.5, 0.6) is 11.5 Å². The van der Waals surface area contributed by atoms with Gasteiger partial charge in [0.25, 0.3) is 5.91 Å². The Kier molecular flexibility index (Phi) is 6.00. The van der Waals surface area contributed by atoms with Crippen molar-refractivity contribution < 1.29 is 14.6 Å². The quantitative estimate of drug-likeness (QED) is 0.685. The van der Waals surface area contributed by atoms with Crippen LogP contribution in [0.25, 0.3) is 0 Å². The molecule has 5 nitrogen and oxygen atoms in total. The summed E-state index contributed by atoms with van der Waals surface area (Å²) in [5.74, 6) is 0.507. The summed E-state index contributed by atoms with van der Waals surface area (Å²) in [5.41, 5.74) is 2.75. The summed E-state index contributed by atoms with van der Waals surface area (Å²) in [6, 6.07) is 12.8. The summed E-state index contributed by atoms with van der Waals surface area (Å²) in [6.07, 6.45) is 0. The fourth-order valence-electron chi connectivity index (χ4n) is 2.15. The number of aromatic hydroxyl groups is 1. The molecule has 5 heteroatoms. The number of benzene rings is 2. The van der Waals surface area contributed by atoms with Crippen LogP contribution in [0.3, 0.4) is 0 Å². The van der Waals surface area contributed by atoms with Gasteiger partial charge in [-0.2, -0.15) is 0 Å². The molecule has 0 radical (unpaired) electrons. The zero-order chi connectivity index (χ0) is 16.7. The van der Waals surface area contributed by atoms with Crippen molar-refractivity contribution in [2.45, 2.75) is 13.5 Å². The number of nitrogens with one attached hydrogen (secondary N) is 2. The van der Waals surface area contributed by atoms with Crippen molar-refractivity contribution in [3.8, 4) is 11.5 Å². The Morgan fingerprint density at radius 3 is 2.52 bits per heavy atom. The van der Waals surface area contributed by atoms with Crippen molar-refractivity contribution in [3.05, 3.63) is 59.2 Å². The molecule has 122 valence electrons. The third-order valence-electron chi connectivity index (χ3n) is 3.47. The fourth-order valence-corrected chi connectivity index (χ4v) is 2.15. The number of phenolic OH excluding ortho intramolecular Hbond substituents is 1. The van der Waals surface area contributed by atoms with Crippen LogP contribution in [0, 0.1) is 6.92 Å². The first-order valence-corrected chi connectivity index (χ1v) is 7.51. The molecular formula is C18H22N2O3. The Balaban J connectivity index is 1.70. The maximum atomic E-state index is 11.9. The molecule has 0 bridgehead atoms. The lowest BCUT2D eigenvalue weighted by atomic mass is 10.1. The monoisotopic (exact) mass is 314 g/mol. The Labute approximate surface area is 136 Å². The summed E-state index contributed by atoms with van der Waals surface area (Å²) >= 11 is 0. The number of carbonyl (C=O) groups is 1. The van der Waals surface area contributed by atoms with Gasteiger partial charge in [-0.15, -0.1) is 0 Å². The highest BCUT2D eigenvalue weighted by Gasteiger charge is 2.04. The van der Waals surface area contributed by atoms with Crippen LogP contribution in [0.1, 0.15) is 21.5 Å². The van der Waals surface area contributed by atoms with E-state index in [1.165, 1.54) is 7.11 Å². The summed E-state index contributed by atoms with van der Waals surface area (Å²) in [5, 5.41) is 15.8. The minimum absolute atomic E-state index is 0.0751. The highest BCUT2D eigenvalue weighted by molar-refractivity contribution is 5.94. The molecule has 0 unspecified atom stereocenters. The molecule has 0 saturated carbocycles. The van der Waals surface area contributed by atoms with E-state index in [-0.39, 0.29) is 11.7 Å². The molecule has 2 aromatic carbocycles. The minimum Gasteiger partial charge on any atom is -0.504 e. The second kappa shape index (κ2) is 8.19. The zero-order valence-electron chi connectivity index (χ0n) is 13.4. The van der Waals surface area contributed by atoms with E-state index >= 15 is 0 Å². The molecule has 0 aliphatic carbocycles. The van der Waals surface area contributed by atoms with E-state index in [0.29, 0.717) is 30.9 Å². The first kappa shape index (κ1) is 16.8. The number of hydrogen-bond acceptors (Lipinski definition) is 4. The van der Waals surface area contributed by atoms with E-state index < -0.39 is 0 Å². The van der Waals surface area contributed by atoms with Gasteiger partial charge in [0.05, 0.1) is 7.11 Å². The van der Waals surface area contributed by atoms with Crippen molar-refractivity contribution in [1.82, 2.24) is 10.6 Å². The average molecular weight is 314 g/mol. The minimum atomic E-state index is -0.0751. The van der Waals surface area contributed by atoms with E-state index in [1.54, 1.807) is 12.1 Å². The Morgan fingerprint density at radius 1 is 1.13 bits per heavy atom. The summed E-state index contributed by atoms with van der Waals surface area (Å²) in [4.78, 5) is 11.9. The lowest BCUT2D eigenvalue weighted by molar-refractivity contribution is 0.0954. The number of ether oxygens (including phenoxy) is 1. The molecule has 0 spiro atoms. The SMILES string of the molecule is COc1ccc(CNCCNC(=O)c2ccc(C)cc2)cc1O. The van der Waals surface area contributed by atoms with Crippen LogP contribution in [0.15, 0.2) is 42.5 Å². The number of phenols is 1. The third-order valence-corrected chi connectivity index (χ3v) is 3.47. The van der Waals surface area contributed by atoms with Crippen LogP contribution in [0.4, 0.5) is 0 Å². The molecule has 0 aliphatic heterocycles. The highest BCUT2D eigenvalue weighted by atomic mass is 16.5. The van der Waals surface area contributed by atoms with Crippen molar-refractivity contribution >= 4 is 5.91 Å². The molecule has 0 fully saturated rings. The smallest absolute Gasteiger partial charge is 0.251 e. The van der Waals surface area contributed by atoms with E-state index in [1.807, 2.05) is 37.3 Å². The van der Waals surface area contributed by atoms with Crippen LogP contribution in [0.2, 0.25) is 0 Å². The predicted molar refractivity (Wildman–Crippen MR) is 89.9 cm³/mol. The Bertz CT molecular complexity index is 654. The maximum absolute atomic E-state index is 11.9. The van der Waals surface area contributed by atoms with Gasteiger partial charge in [0.2, 0.25) is 0 Å². The second-order valence-electron chi connectivity index (χ2n) is 5.30. The molecule has 1 amide bonds. The first-order chi connectivity index (χ1) is 11.1. The second-order valence-corrected chi connectivity index (χ2v) is 5.30. The van der Waals surface area contributed by atoms with Crippen molar-refractivity contribution in [2.75, 3.05) is 20.2 Å². The molecule has 0 heterocycles. The van der Waals surface area contributed by atoms with Gasteiger partial charge in [-0.25, -0.2) is 0 Å². The molecule has 0 aliphatic rings. The van der Waals surface area contributed by atoms with E-state index in [4.69, 9.17) is 4.74 Å². The molecule has 0 aromatic heterocycles. The van der Waals surface area contributed by atoms with Gasteiger partial charge in [-0.3, -0.25) is 4.79 Å². The van der Waals surface area contributed by atoms with Gasteiger partial charge in [-0.1, -0.05) is 23.8 Å². The van der Waals surface area contributed by atoms with E-state index in [9.17, 15) is 9.90 Å². The van der Waals surface area contributed by atoms with E-state index in [2.05, 4.69) is 10.6 Å². The standard InChI is InChI=1S/C18H22N2O3/c1-13-3-6-15(7-4-13)18(22)20-10-9-19-12-14-5-8-17(23-2)16(21)11-14/h3-8,11,19,21H,9-10,12H2,1-2H3,(H,20,22). The molecule has 23 heavy (non-hydrogen) atoms. The van der Waals surface area contributed by atoms with Gasteiger partial charge in [-0.05, 0) is 36.8 Å². The predicted octanol–water partition coefficient (Wildman–Crippen LogP) is 2.23. The number of methoxy groups -OCH3 is 1. The molecule has 2 rings (SSSR count). The van der Waals surface area contributed by atoms with Crippen molar-refractivity contribution in [1.29, 1.82) is 0 Å². The number of aryl methyl sites for hydroxylation is 1. The third kappa shape index (κ3) is 5.00. The molecule has 3 N–H and O–H groups in total. The first-order valence-electron chi connectivity index (χ1n) is 7.51. The van der Waals surface area contributed by atoms with Crippen LogP contribution in [-0.2, 0) is 6.54 Å². The summed E-state index contributed by atoms with van der Waals surface area (Å²) in [6.45, 7) is 3.78. The molecule has 0 saturated heterocycles. The number of hydrogen-bond donors (Lipinski definition) is 3. The number of rotatable bonds is 7. The zero-order valence-corrected chi connectivity index (χ0v) is 13.4. The molecule has 0 atom stereocenters. The fraction of sp³-hybridized carbons (Fsp3) is 0.278. The molecular weight excluding hydrogens is 292 g/mol. The van der Waals surface area contributed by atoms with Crippen molar-refractivity contribution in [2.24, 2.45) is 0 Å². The maximum Gasteiger partial charge on any atom is 0.251 e. The molecule has 2 aromatic rings. The summed E-state index contributed by atoms with van der Waals surface area (Å²) < 4.78 is 5.00. The topological polar surface area (TPSA) is 70.6 Å². The lowest BCUT2D eigenvalue weighted by Gasteiger charge is -2.09. The number of carbonyl (C=O) groups excluding carboxylic acids is 1. The van der Waals surface area contributed by atoms with Crippen LogP contribution < -0.4 is 15.4 Å². The normalized spacial score (nSPS) is 10.3. The van der Waals surface area contributed by atoms with Gasteiger partial charge < -0.3 is 20.5 Å². The van der Waals surface area contributed by atoms with E-state index in [0.717, 1.165) is 11.1 Å². The summed E-state index contributed by atoms with van der Waals surface area (Å²) in [7, 11) is 1.52. The van der Waals surface area contributed by atoms with Crippen molar-refractivity contribution in [3.63, 3.8) is 0 Å². The van der Waals surface area contributed by atoms with Crippen LogP contribution >= 0.6 is 0 Å². The van der Waals surface area contributed by atoms with Gasteiger partial charge in [0, 0.05) is 25.2 Å². The average Bonchev–Trinajstić information content (AvgIpc) is 2.55. The van der Waals surface area contributed by atoms with Gasteiger partial charge in [0.1, 0.15) is 0 Å². The number of amides is 1. The Morgan fingerprint density at radius 2 is 1.87 bits per heavy atom.